The summed E-state index contributed by atoms with van der Waals surface area (Å²) in [5.74, 6) is 0.316. The summed E-state index contributed by atoms with van der Waals surface area (Å²) in [4.78, 5) is 28.1. The Morgan fingerprint density at radius 1 is 1.04 bits per heavy atom. The third kappa shape index (κ3) is 7.17. The van der Waals surface area contributed by atoms with E-state index < -0.39 is 10.0 Å². The van der Waals surface area contributed by atoms with Crippen molar-refractivity contribution in [1.29, 1.82) is 0 Å². The van der Waals surface area contributed by atoms with Crippen LogP contribution in [0.1, 0.15) is 67.4 Å². The van der Waals surface area contributed by atoms with Crippen LogP contribution >= 0.6 is 0 Å². The van der Waals surface area contributed by atoms with Gasteiger partial charge in [-0.2, -0.15) is 4.98 Å². The number of methoxy groups -OCH3 is 1. The van der Waals surface area contributed by atoms with E-state index in [4.69, 9.17) is 9.47 Å². The molecule has 0 radical (unpaired) electrons. The number of aryl methyl sites for hydroxylation is 2. The number of rotatable bonds is 7. The highest BCUT2D eigenvalue weighted by Crippen LogP contribution is 2.52. The van der Waals surface area contributed by atoms with E-state index in [-0.39, 0.29) is 46.7 Å². The second-order valence-electron chi connectivity index (χ2n) is 14.0. The molecule has 1 amide bonds. The highest BCUT2D eigenvalue weighted by molar-refractivity contribution is 7.92. The van der Waals surface area contributed by atoms with Gasteiger partial charge >= 0.3 is 0 Å². The first-order chi connectivity index (χ1) is 22.5. The Hall–Kier alpha value is -3.54. The summed E-state index contributed by atoms with van der Waals surface area (Å²) in [5.41, 5.74) is 4.04. The first kappa shape index (κ1) is 33.4. The van der Waals surface area contributed by atoms with E-state index in [0.29, 0.717) is 17.2 Å². The first-order valence-electron chi connectivity index (χ1n) is 16.7. The molecule has 1 saturated carbocycles. The fourth-order valence-corrected chi connectivity index (χ4v) is 8.64. The van der Waals surface area contributed by atoms with Crippen molar-refractivity contribution in [3.8, 4) is 17.1 Å². The summed E-state index contributed by atoms with van der Waals surface area (Å²) in [6, 6.07) is 13.9. The average molecular weight is 662 g/mol. The molecule has 3 heterocycles. The van der Waals surface area contributed by atoms with Gasteiger partial charge in [-0.05, 0) is 99.7 Å². The largest absolute Gasteiger partial charge is 0.475 e. The number of nitrogens with one attached hydrogen (secondary N) is 1. The zero-order valence-corrected chi connectivity index (χ0v) is 29.0. The molecule has 47 heavy (non-hydrogen) atoms. The van der Waals surface area contributed by atoms with Gasteiger partial charge in [-0.25, -0.2) is 18.1 Å². The topological polar surface area (TPSA) is 114 Å². The second kappa shape index (κ2) is 13.5. The number of sulfonamides is 1. The molecule has 0 unspecified atom stereocenters. The minimum absolute atomic E-state index is 0.0139. The third-order valence-corrected chi connectivity index (χ3v) is 11.4. The van der Waals surface area contributed by atoms with E-state index in [9.17, 15) is 13.2 Å². The van der Waals surface area contributed by atoms with Crippen molar-refractivity contribution < 1.29 is 22.7 Å². The number of nitrogens with zero attached hydrogens (tertiary/aromatic N) is 4. The number of piperidine rings is 1. The maximum Gasteiger partial charge on any atom is 0.264 e. The van der Waals surface area contributed by atoms with Crippen LogP contribution in [0, 0.1) is 25.2 Å². The van der Waals surface area contributed by atoms with Crippen LogP contribution in [0.2, 0.25) is 0 Å². The molecule has 1 N–H and O–H groups in total. The van der Waals surface area contributed by atoms with E-state index in [1.807, 2.05) is 36.9 Å². The van der Waals surface area contributed by atoms with E-state index >= 15 is 0 Å². The monoisotopic (exact) mass is 661 g/mol. The van der Waals surface area contributed by atoms with Gasteiger partial charge in [0.1, 0.15) is 6.61 Å². The highest BCUT2D eigenvalue weighted by atomic mass is 32.2. The highest BCUT2D eigenvalue weighted by Gasteiger charge is 2.50. The lowest BCUT2D eigenvalue weighted by molar-refractivity contribution is -0.0544. The lowest BCUT2D eigenvalue weighted by Gasteiger charge is -2.56. The molecule has 11 heteroatoms. The number of aromatic nitrogens is 2. The van der Waals surface area contributed by atoms with Crippen LogP contribution in [0.5, 0.6) is 5.88 Å². The van der Waals surface area contributed by atoms with Crippen LogP contribution in [0.4, 0.5) is 5.95 Å². The molecule has 1 aromatic heterocycles. The predicted molar refractivity (Wildman–Crippen MR) is 182 cm³/mol. The number of anilines is 1. The second-order valence-corrected chi connectivity index (χ2v) is 15.7. The molecule has 252 valence electrons. The third-order valence-electron chi connectivity index (χ3n) is 10.1. The summed E-state index contributed by atoms with van der Waals surface area (Å²) >= 11 is 0. The van der Waals surface area contributed by atoms with Gasteiger partial charge in [0.2, 0.25) is 11.8 Å². The fourth-order valence-electron chi connectivity index (χ4n) is 7.65. The van der Waals surface area contributed by atoms with E-state index in [0.717, 1.165) is 75.0 Å². The van der Waals surface area contributed by atoms with Crippen molar-refractivity contribution in [2.45, 2.75) is 76.8 Å². The molecule has 1 spiro atoms. The molecule has 2 aromatic carbocycles. The molecule has 3 aromatic rings. The number of amides is 1. The zero-order chi connectivity index (χ0) is 33.3. The average Bonchev–Trinajstić information content (AvgIpc) is 3.01. The molecule has 4 bridgehead atoms. The first-order valence-corrected chi connectivity index (χ1v) is 18.2. The quantitative estimate of drug-likeness (QED) is 0.343. The number of ether oxygens (including phenoxy) is 2. The number of hydrogen-bond donors (Lipinski definition) is 1. The van der Waals surface area contributed by atoms with Gasteiger partial charge in [-0.15, -0.1) is 0 Å². The van der Waals surface area contributed by atoms with Crippen LogP contribution < -0.4 is 9.46 Å². The number of likely N-dealkylation sites (tertiary alicyclic amines) is 1. The Balaban J connectivity index is 1.37. The van der Waals surface area contributed by atoms with Gasteiger partial charge in [-0.1, -0.05) is 38.1 Å². The molecule has 2 fully saturated rings. The van der Waals surface area contributed by atoms with Crippen LogP contribution in [0.25, 0.3) is 11.3 Å². The lowest BCUT2D eigenvalue weighted by Crippen LogP contribution is -2.60. The molecule has 10 nitrogen and oxygen atoms in total. The predicted octanol–water partition coefficient (Wildman–Crippen LogP) is 5.70. The number of hydrogen-bond acceptors (Lipinski definition) is 8. The van der Waals surface area contributed by atoms with Crippen LogP contribution in [-0.4, -0.2) is 86.1 Å². The molecular weight excluding hydrogens is 614 g/mol. The summed E-state index contributed by atoms with van der Waals surface area (Å²) < 4.78 is 41.6. The van der Waals surface area contributed by atoms with Crippen molar-refractivity contribution in [2.24, 2.45) is 11.3 Å². The smallest absolute Gasteiger partial charge is 0.264 e. The summed E-state index contributed by atoms with van der Waals surface area (Å²) in [7, 11) is -2.37. The van der Waals surface area contributed by atoms with Gasteiger partial charge in [0.05, 0.1) is 23.2 Å². The molecular formula is C36H47N5O5S. The van der Waals surface area contributed by atoms with Crippen LogP contribution in [0.15, 0.2) is 53.4 Å². The van der Waals surface area contributed by atoms with Gasteiger partial charge in [0.25, 0.3) is 15.9 Å². The van der Waals surface area contributed by atoms with E-state index in [1.165, 1.54) is 12.1 Å². The van der Waals surface area contributed by atoms with Crippen molar-refractivity contribution in [3.63, 3.8) is 0 Å². The normalized spacial score (nSPS) is 21.3. The standard InChI is InChI=1S/C36H47N5O5S/c1-24(2)18-28-23-46-32-20-31(33-25(3)8-6-9-26(33)4)37-35(38-32)39-47(43,44)30-11-7-10-27(19-30)34(42)41(28)29-21-36(22-29)12-14-40(15-13-36)16-17-45-5/h6-11,19-20,24,28-29H,12-18,21-23H2,1-5H3,(H,37,38,39)/t28-/m1/s1. The van der Waals surface area contributed by atoms with Gasteiger partial charge in [0, 0.05) is 36.9 Å². The van der Waals surface area contributed by atoms with Crippen molar-refractivity contribution in [1.82, 2.24) is 19.8 Å². The Morgan fingerprint density at radius 3 is 2.43 bits per heavy atom. The van der Waals surface area contributed by atoms with Gasteiger partial charge < -0.3 is 19.3 Å². The van der Waals surface area contributed by atoms with E-state index in [2.05, 4.69) is 33.4 Å². The van der Waals surface area contributed by atoms with Crippen molar-refractivity contribution >= 4 is 21.9 Å². The maximum absolute atomic E-state index is 14.5. The molecule has 1 atom stereocenters. The Bertz CT molecular complexity index is 1690. The zero-order valence-electron chi connectivity index (χ0n) is 28.2. The maximum atomic E-state index is 14.5. The number of fused-ring (bicyclic) bond motifs is 4. The molecule has 1 saturated heterocycles. The Kier molecular flexibility index (Phi) is 9.60. The van der Waals surface area contributed by atoms with Crippen molar-refractivity contribution in [2.75, 3.05) is 44.7 Å². The van der Waals surface area contributed by atoms with Crippen LogP contribution in [-0.2, 0) is 14.8 Å². The fraction of sp³-hybridized carbons (Fsp3) is 0.528. The van der Waals surface area contributed by atoms with E-state index in [1.54, 1.807) is 25.3 Å². The summed E-state index contributed by atoms with van der Waals surface area (Å²) in [5, 5.41) is 0. The Morgan fingerprint density at radius 2 is 1.74 bits per heavy atom. The molecule has 3 aliphatic rings. The molecule has 1 aliphatic carbocycles. The summed E-state index contributed by atoms with van der Waals surface area (Å²) in [6.07, 6.45) is 4.80. The van der Waals surface area contributed by atoms with Crippen LogP contribution in [0.3, 0.4) is 0 Å². The minimum atomic E-state index is -4.11. The number of benzene rings is 2. The SMILES string of the molecule is COCCN1CCC2(CC1)CC(N1C(=O)c3cccc(c3)S(=O)(=O)Nc3nc(cc(-c4c(C)cccc4C)n3)OC[C@H]1CC(C)C)C2. The van der Waals surface area contributed by atoms with Gasteiger partial charge in [-0.3, -0.25) is 4.79 Å². The van der Waals surface area contributed by atoms with Crippen molar-refractivity contribution in [3.05, 3.63) is 65.2 Å². The Labute approximate surface area is 278 Å². The number of carbonyl (C=O) groups is 1. The number of carbonyl (C=O) groups excluding carboxylic acids is 1. The lowest BCUT2D eigenvalue weighted by atomic mass is 9.59. The summed E-state index contributed by atoms with van der Waals surface area (Å²) in [6.45, 7) is 12.3. The minimum Gasteiger partial charge on any atom is -0.475 e. The van der Waals surface area contributed by atoms with Gasteiger partial charge in [0.15, 0.2) is 0 Å². The molecule has 6 rings (SSSR count). The molecule has 2 aliphatic heterocycles.